The Morgan fingerprint density at radius 3 is 2.44 bits per heavy atom. The average molecular weight is 345 g/mol. The number of halogens is 3. The minimum atomic E-state index is -4.37. The maximum absolute atomic E-state index is 13.3. The summed E-state index contributed by atoms with van der Waals surface area (Å²) in [5.41, 5.74) is 1.01. The summed E-state index contributed by atoms with van der Waals surface area (Å²) < 4.78 is 39.9. The molecule has 3 nitrogen and oxygen atoms in total. The summed E-state index contributed by atoms with van der Waals surface area (Å²) in [5, 5.41) is 12.2. The van der Waals surface area contributed by atoms with Gasteiger partial charge in [-0.15, -0.1) is 0 Å². The first-order valence-electron chi connectivity index (χ1n) is 8.11. The van der Waals surface area contributed by atoms with E-state index < -0.39 is 11.7 Å². The molecule has 1 N–H and O–H groups in total. The molecular weight excluding hydrogens is 327 g/mol. The number of benzene rings is 2. The van der Waals surface area contributed by atoms with Crippen LogP contribution in [0.2, 0.25) is 0 Å². The van der Waals surface area contributed by atoms with Crippen molar-refractivity contribution in [1.82, 2.24) is 5.32 Å². The molecule has 1 atom stereocenters. The lowest BCUT2D eigenvalue weighted by Crippen LogP contribution is -2.37. The van der Waals surface area contributed by atoms with E-state index in [0.29, 0.717) is 5.56 Å². The highest BCUT2D eigenvalue weighted by Crippen LogP contribution is 2.33. The summed E-state index contributed by atoms with van der Waals surface area (Å²) in [7, 11) is 0. The topological polar surface area (TPSA) is 39.1 Å². The Morgan fingerprint density at radius 1 is 1.12 bits per heavy atom. The van der Waals surface area contributed by atoms with Crippen molar-refractivity contribution >= 4 is 5.69 Å². The van der Waals surface area contributed by atoms with E-state index in [2.05, 4.69) is 11.4 Å². The molecule has 0 spiro atoms. The van der Waals surface area contributed by atoms with Gasteiger partial charge in [-0.05, 0) is 48.9 Å². The van der Waals surface area contributed by atoms with E-state index in [1.54, 1.807) is 30.3 Å². The molecule has 6 heteroatoms. The lowest BCUT2D eigenvalue weighted by Gasteiger charge is -2.32. The number of rotatable bonds is 4. The molecule has 2 aromatic rings. The fraction of sp³-hybridized carbons (Fsp3) is 0.316. The van der Waals surface area contributed by atoms with Crippen LogP contribution in [0.5, 0.6) is 0 Å². The van der Waals surface area contributed by atoms with E-state index >= 15 is 0 Å². The Bertz CT molecular complexity index is 757. The van der Waals surface area contributed by atoms with Gasteiger partial charge in [0.05, 0.1) is 17.2 Å². The quantitative estimate of drug-likeness (QED) is 0.912. The van der Waals surface area contributed by atoms with Crippen molar-refractivity contribution in [2.45, 2.75) is 25.2 Å². The minimum absolute atomic E-state index is 0.120. The highest BCUT2D eigenvalue weighted by molar-refractivity contribution is 5.52. The second kappa shape index (κ2) is 7.16. The van der Waals surface area contributed by atoms with Crippen LogP contribution < -0.4 is 10.2 Å². The maximum Gasteiger partial charge on any atom is 0.416 e. The third-order valence-corrected chi connectivity index (χ3v) is 4.47. The zero-order valence-electron chi connectivity index (χ0n) is 13.6. The first-order valence-corrected chi connectivity index (χ1v) is 8.11. The number of nitriles is 1. The van der Waals surface area contributed by atoms with Gasteiger partial charge in [0, 0.05) is 24.8 Å². The lowest BCUT2D eigenvalue weighted by atomic mass is 10.0. The van der Waals surface area contributed by atoms with Crippen molar-refractivity contribution in [3.05, 3.63) is 65.2 Å². The third-order valence-electron chi connectivity index (χ3n) is 4.47. The Hall–Kier alpha value is -2.52. The molecule has 0 bridgehead atoms. The van der Waals surface area contributed by atoms with Gasteiger partial charge in [0.15, 0.2) is 0 Å². The molecule has 1 heterocycles. The third kappa shape index (κ3) is 3.94. The molecule has 3 rings (SSSR count). The van der Waals surface area contributed by atoms with Crippen LogP contribution in [-0.4, -0.2) is 19.1 Å². The van der Waals surface area contributed by atoms with Gasteiger partial charge in [-0.2, -0.15) is 18.4 Å². The first-order chi connectivity index (χ1) is 12.0. The fourth-order valence-corrected chi connectivity index (χ4v) is 3.18. The van der Waals surface area contributed by atoms with E-state index in [4.69, 9.17) is 5.26 Å². The average Bonchev–Trinajstić information content (AvgIpc) is 3.13. The van der Waals surface area contributed by atoms with Gasteiger partial charge in [0.25, 0.3) is 0 Å². The van der Waals surface area contributed by atoms with Crippen molar-refractivity contribution in [1.29, 1.82) is 5.26 Å². The van der Waals surface area contributed by atoms with E-state index in [0.717, 1.165) is 31.3 Å². The van der Waals surface area contributed by atoms with Gasteiger partial charge in [0.2, 0.25) is 0 Å². The molecule has 1 fully saturated rings. The second-order valence-corrected chi connectivity index (χ2v) is 6.09. The summed E-state index contributed by atoms with van der Waals surface area (Å²) >= 11 is 0. The van der Waals surface area contributed by atoms with E-state index in [-0.39, 0.29) is 18.2 Å². The molecule has 0 saturated carbocycles. The Kier molecular flexibility index (Phi) is 4.95. The molecule has 1 saturated heterocycles. The number of anilines is 1. The van der Waals surface area contributed by atoms with Crippen LogP contribution in [0.1, 0.15) is 23.1 Å². The molecule has 1 aliphatic rings. The molecular formula is C19H18F3N3. The number of alkyl halides is 3. The van der Waals surface area contributed by atoms with Crippen LogP contribution in [0.25, 0.3) is 0 Å². The van der Waals surface area contributed by atoms with Crippen molar-refractivity contribution in [3.8, 4) is 6.07 Å². The van der Waals surface area contributed by atoms with Crippen LogP contribution in [-0.2, 0) is 12.7 Å². The molecule has 2 aromatic carbocycles. The predicted octanol–water partition coefficient (Wildman–Crippen LogP) is 3.95. The van der Waals surface area contributed by atoms with Crippen LogP contribution in [0.3, 0.4) is 0 Å². The van der Waals surface area contributed by atoms with Crippen LogP contribution in [0.4, 0.5) is 18.9 Å². The maximum atomic E-state index is 13.3. The fourth-order valence-electron chi connectivity index (χ4n) is 3.18. The van der Waals surface area contributed by atoms with Crippen molar-refractivity contribution in [2.24, 2.45) is 0 Å². The van der Waals surface area contributed by atoms with Gasteiger partial charge < -0.3 is 10.2 Å². The number of nitrogens with zero attached hydrogens (tertiary/aromatic N) is 2. The summed E-state index contributed by atoms with van der Waals surface area (Å²) in [6.45, 7) is 1.75. The van der Waals surface area contributed by atoms with Gasteiger partial charge in [-0.1, -0.05) is 18.2 Å². The van der Waals surface area contributed by atoms with Crippen LogP contribution in [0, 0.1) is 11.3 Å². The molecule has 0 aromatic heterocycles. The summed E-state index contributed by atoms with van der Waals surface area (Å²) in [4.78, 5) is 1.99. The van der Waals surface area contributed by atoms with Crippen LogP contribution in [0.15, 0.2) is 48.5 Å². The summed E-state index contributed by atoms with van der Waals surface area (Å²) in [6, 6.07) is 14.9. The van der Waals surface area contributed by atoms with Gasteiger partial charge in [0.1, 0.15) is 0 Å². The number of hydrogen-bond donors (Lipinski definition) is 1. The lowest BCUT2D eigenvalue weighted by molar-refractivity contribution is -0.138. The zero-order chi connectivity index (χ0) is 17.9. The van der Waals surface area contributed by atoms with Crippen LogP contribution >= 0.6 is 0 Å². The predicted molar refractivity (Wildman–Crippen MR) is 90.1 cm³/mol. The normalized spacial score (nSPS) is 17.3. The van der Waals surface area contributed by atoms with Crippen molar-refractivity contribution < 1.29 is 13.2 Å². The first kappa shape index (κ1) is 17.3. The summed E-state index contributed by atoms with van der Waals surface area (Å²) in [5.74, 6) is 0. The van der Waals surface area contributed by atoms with Gasteiger partial charge >= 0.3 is 6.18 Å². The highest BCUT2D eigenvalue weighted by Gasteiger charge is 2.34. The van der Waals surface area contributed by atoms with Crippen molar-refractivity contribution in [2.75, 3.05) is 18.0 Å². The Balaban J connectivity index is 1.95. The SMILES string of the molecule is N#Cc1ccc(N(Cc2ccccc2C(F)(F)F)C2CCNC2)cc1. The summed E-state index contributed by atoms with van der Waals surface area (Å²) in [6.07, 6.45) is -3.50. The molecule has 0 amide bonds. The largest absolute Gasteiger partial charge is 0.416 e. The molecule has 1 aliphatic heterocycles. The monoisotopic (exact) mass is 345 g/mol. The Morgan fingerprint density at radius 2 is 1.84 bits per heavy atom. The molecule has 130 valence electrons. The van der Waals surface area contributed by atoms with Gasteiger partial charge in [-0.3, -0.25) is 0 Å². The van der Waals surface area contributed by atoms with E-state index in [9.17, 15) is 13.2 Å². The van der Waals surface area contributed by atoms with Crippen molar-refractivity contribution in [3.63, 3.8) is 0 Å². The molecule has 1 unspecified atom stereocenters. The highest BCUT2D eigenvalue weighted by atomic mass is 19.4. The molecule has 0 aliphatic carbocycles. The van der Waals surface area contributed by atoms with E-state index in [1.165, 1.54) is 12.1 Å². The minimum Gasteiger partial charge on any atom is -0.363 e. The van der Waals surface area contributed by atoms with Gasteiger partial charge in [-0.25, -0.2) is 0 Å². The standard InChI is InChI=1S/C19H18F3N3/c20-19(21,22)18-4-2-1-3-15(18)13-25(17-9-10-24-12-17)16-7-5-14(11-23)6-8-16/h1-8,17,24H,9-10,12-13H2. The Labute approximate surface area is 144 Å². The molecule has 0 radical (unpaired) electrons. The zero-order valence-corrected chi connectivity index (χ0v) is 13.6. The van der Waals surface area contributed by atoms with E-state index in [1.807, 2.05) is 4.90 Å². The molecule has 25 heavy (non-hydrogen) atoms. The second-order valence-electron chi connectivity index (χ2n) is 6.09. The number of nitrogens with one attached hydrogen (secondary N) is 1. The number of hydrogen-bond acceptors (Lipinski definition) is 3. The smallest absolute Gasteiger partial charge is 0.363 e.